The molecule has 1 radical (unpaired) electrons. The predicted octanol–water partition coefficient (Wildman–Crippen LogP) is 0.950. The molecule has 1 aliphatic carbocycles. The van der Waals surface area contributed by atoms with E-state index >= 15 is 0 Å². The van der Waals surface area contributed by atoms with Crippen LogP contribution in [-0.4, -0.2) is 23.1 Å². The number of aromatic nitrogens is 2. The molecule has 79 valence electrons. The van der Waals surface area contributed by atoms with Gasteiger partial charge in [-0.05, 0) is 12.8 Å². The first kappa shape index (κ1) is 8.95. The van der Waals surface area contributed by atoms with Gasteiger partial charge in [0.1, 0.15) is 0 Å². The zero-order valence-electron chi connectivity index (χ0n) is 8.62. The molecule has 0 unspecified atom stereocenters. The highest BCUT2D eigenvalue weighted by Crippen LogP contribution is 2.45. The minimum Gasteiger partial charge on any atom is -0.351 e. The van der Waals surface area contributed by atoms with Crippen LogP contribution in [0.3, 0.4) is 0 Å². The van der Waals surface area contributed by atoms with E-state index in [1.165, 1.54) is 31.9 Å². The maximum Gasteiger partial charge on any atom is 0.291 e. The van der Waals surface area contributed by atoms with E-state index in [1.54, 1.807) is 0 Å². The lowest BCUT2D eigenvalue weighted by Crippen LogP contribution is -2.56. The average Bonchev–Trinajstić information content (AvgIpc) is 2.65. The smallest absolute Gasteiger partial charge is 0.291 e. The van der Waals surface area contributed by atoms with Gasteiger partial charge < -0.3 is 9.88 Å². The van der Waals surface area contributed by atoms with Gasteiger partial charge in [0.25, 0.3) is 5.56 Å². The van der Waals surface area contributed by atoms with E-state index in [4.69, 9.17) is 0 Å². The molecule has 0 atom stereocenters. The minimum absolute atomic E-state index is 0.120. The topological polar surface area (TPSA) is 49.0 Å². The Balaban J connectivity index is 1.77. The van der Waals surface area contributed by atoms with Gasteiger partial charge >= 0.3 is 0 Å². The van der Waals surface area contributed by atoms with Crippen molar-refractivity contribution in [3.63, 3.8) is 0 Å². The van der Waals surface area contributed by atoms with Crippen molar-refractivity contribution in [2.45, 2.75) is 25.7 Å². The molecule has 3 rings (SSSR count). The second-order valence-corrected chi connectivity index (χ2v) is 4.74. The molecule has 1 aromatic heterocycles. The summed E-state index contributed by atoms with van der Waals surface area (Å²) in [6.45, 7) is 2.01. The second-order valence-electron chi connectivity index (χ2n) is 4.74. The molecule has 1 spiro atoms. The Kier molecular flexibility index (Phi) is 1.84. The molecule has 0 amide bonds. The molecule has 1 aromatic rings. The molecule has 1 aliphatic heterocycles. The lowest BCUT2D eigenvalue weighted by Gasteiger charge is -2.48. The number of aromatic amines is 1. The zero-order chi connectivity index (χ0) is 10.3. The van der Waals surface area contributed by atoms with Crippen LogP contribution >= 0.6 is 0 Å². The maximum atomic E-state index is 11.5. The summed E-state index contributed by atoms with van der Waals surface area (Å²) in [5, 5.41) is 0. The Morgan fingerprint density at radius 3 is 2.80 bits per heavy atom. The van der Waals surface area contributed by atoms with Gasteiger partial charge in [-0.1, -0.05) is 12.8 Å². The van der Waals surface area contributed by atoms with E-state index in [0.29, 0.717) is 11.2 Å². The number of rotatable bonds is 1. The molecule has 0 aromatic carbocycles. The highest BCUT2D eigenvalue weighted by atomic mass is 16.1. The lowest BCUT2D eigenvalue weighted by molar-refractivity contribution is 0.220. The second kappa shape index (κ2) is 3.08. The Morgan fingerprint density at radius 1 is 1.40 bits per heavy atom. The molecule has 4 heteroatoms. The quantitative estimate of drug-likeness (QED) is 0.741. The molecule has 15 heavy (non-hydrogen) atoms. The summed E-state index contributed by atoms with van der Waals surface area (Å²) >= 11 is 0. The number of anilines is 1. The van der Waals surface area contributed by atoms with Crippen LogP contribution in [0.1, 0.15) is 25.7 Å². The van der Waals surface area contributed by atoms with E-state index in [-0.39, 0.29) is 5.56 Å². The molecular formula is C11H14N3O. The van der Waals surface area contributed by atoms with Crippen molar-refractivity contribution in [1.29, 1.82) is 0 Å². The van der Waals surface area contributed by atoms with Gasteiger partial charge in [0, 0.05) is 18.5 Å². The van der Waals surface area contributed by atoms with Gasteiger partial charge in [0.2, 0.25) is 0 Å². The van der Waals surface area contributed by atoms with Crippen LogP contribution in [-0.2, 0) is 0 Å². The maximum absolute atomic E-state index is 11.5. The normalized spacial score (nSPS) is 23.1. The number of H-pyrrole nitrogens is 1. The molecule has 1 N–H and O–H groups in total. The van der Waals surface area contributed by atoms with Crippen molar-refractivity contribution in [2.75, 3.05) is 18.0 Å². The fraction of sp³-hybridized carbons (Fsp3) is 0.636. The first-order valence-electron chi connectivity index (χ1n) is 5.49. The van der Waals surface area contributed by atoms with Crippen molar-refractivity contribution in [3.05, 3.63) is 22.7 Å². The lowest BCUT2D eigenvalue weighted by atomic mass is 9.78. The van der Waals surface area contributed by atoms with Crippen molar-refractivity contribution >= 4 is 5.82 Å². The fourth-order valence-electron chi connectivity index (χ4n) is 2.89. The molecule has 1 saturated heterocycles. The van der Waals surface area contributed by atoms with Crippen LogP contribution in [0.25, 0.3) is 0 Å². The summed E-state index contributed by atoms with van der Waals surface area (Å²) in [4.78, 5) is 20.2. The Hall–Kier alpha value is -1.32. The Bertz CT molecular complexity index is 412. The summed E-state index contributed by atoms with van der Waals surface area (Å²) in [7, 11) is 0. The Labute approximate surface area is 88.3 Å². The number of nitrogens with zero attached hydrogens (tertiary/aromatic N) is 2. The van der Waals surface area contributed by atoms with Crippen molar-refractivity contribution in [3.8, 4) is 0 Å². The number of hydrogen-bond acceptors (Lipinski definition) is 3. The molecule has 1 saturated carbocycles. The molecule has 2 heterocycles. The van der Waals surface area contributed by atoms with Gasteiger partial charge in [-0.25, -0.2) is 4.98 Å². The van der Waals surface area contributed by atoms with Crippen molar-refractivity contribution in [1.82, 2.24) is 9.97 Å². The Morgan fingerprint density at radius 2 is 2.13 bits per heavy atom. The van der Waals surface area contributed by atoms with E-state index in [9.17, 15) is 4.79 Å². The monoisotopic (exact) mass is 204 g/mol. The SMILES string of the molecule is O=c1[nH][c]cnc1N1CC2(CCCC2)C1. The van der Waals surface area contributed by atoms with E-state index < -0.39 is 0 Å². The van der Waals surface area contributed by atoms with E-state index in [0.717, 1.165) is 13.1 Å². The van der Waals surface area contributed by atoms with E-state index in [2.05, 4.69) is 21.1 Å². The third-order valence-corrected chi connectivity index (χ3v) is 3.66. The summed E-state index contributed by atoms with van der Waals surface area (Å²) in [5.74, 6) is 0.561. The van der Waals surface area contributed by atoms with E-state index in [1.807, 2.05) is 0 Å². The van der Waals surface area contributed by atoms with Gasteiger partial charge in [0.15, 0.2) is 5.82 Å². The molecule has 2 fully saturated rings. The van der Waals surface area contributed by atoms with Gasteiger partial charge in [-0.2, -0.15) is 0 Å². The standard InChI is InChI=1S/C11H14N3O/c15-10-9(12-5-6-13-10)14-7-11(8-14)3-1-2-4-11/h5H,1-4,7-8H2,(H,13,15). The number of nitrogens with one attached hydrogen (secondary N) is 1. The summed E-state index contributed by atoms with van der Waals surface area (Å²) in [6, 6.07) is 0. The highest BCUT2D eigenvalue weighted by Gasteiger charge is 2.45. The first-order chi connectivity index (χ1) is 7.29. The molecule has 2 aliphatic rings. The zero-order valence-corrected chi connectivity index (χ0v) is 8.62. The van der Waals surface area contributed by atoms with Crippen LogP contribution in [0.4, 0.5) is 5.82 Å². The summed E-state index contributed by atoms with van der Waals surface area (Å²) in [6.07, 6.45) is 9.45. The number of hydrogen-bond donors (Lipinski definition) is 1. The van der Waals surface area contributed by atoms with Crippen LogP contribution in [0, 0.1) is 11.6 Å². The van der Waals surface area contributed by atoms with Crippen LogP contribution in [0.2, 0.25) is 0 Å². The largest absolute Gasteiger partial charge is 0.351 e. The van der Waals surface area contributed by atoms with Crippen LogP contribution < -0.4 is 10.5 Å². The van der Waals surface area contributed by atoms with Crippen molar-refractivity contribution < 1.29 is 0 Å². The third-order valence-electron chi connectivity index (χ3n) is 3.66. The van der Waals surface area contributed by atoms with Gasteiger partial charge in [0.05, 0.1) is 12.4 Å². The van der Waals surface area contributed by atoms with Gasteiger partial charge in [-0.3, -0.25) is 4.79 Å². The fourth-order valence-corrected chi connectivity index (χ4v) is 2.89. The first-order valence-corrected chi connectivity index (χ1v) is 5.49. The summed E-state index contributed by atoms with van der Waals surface area (Å²) < 4.78 is 0. The van der Waals surface area contributed by atoms with Crippen LogP contribution in [0.15, 0.2) is 11.0 Å². The van der Waals surface area contributed by atoms with Crippen LogP contribution in [0.5, 0.6) is 0 Å². The molecule has 0 bridgehead atoms. The summed E-state index contributed by atoms with van der Waals surface area (Å²) in [5.41, 5.74) is 0.388. The van der Waals surface area contributed by atoms with Crippen molar-refractivity contribution in [2.24, 2.45) is 5.41 Å². The third kappa shape index (κ3) is 1.35. The molecular weight excluding hydrogens is 190 g/mol. The average molecular weight is 204 g/mol. The predicted molar refractivity (Wildman–Crippen MR) is 56.8 cm³/mol. The minimum atomic E-state index is -0.120. The molecule has 4 nitrogen and oxygen atoms in total. The highest BCUT2D eigenvalue weighted by molar-refractivity contribution is 5.40. The van der Waals surface area contributed by atoms with Gasteiger partial charge in [-0.15, -0.1) is 0 Å².